The van der Waals surface area contributed by atoms with Crippen LogP contribution in [0.1, 0.15) is 12.5 Å². The van der Waals surface area contributed by atoms with Crippen molar-refractivity contribution in [3.05, 3.63) is 29.8 Å². The maximum atomic E-state index is 12.1. The summed E-state index contributed by atoms with van der Waals surface area (Å²) in [5, 5.41) is 5.28. The van der Waals surface area contributed by atoms with E-state index in [1.165, 1.54) is 4.31 Å². The summed E-state index contributed by atoms with van der Waals surface area (Å²) in [6.45, 7) is 3.69. The molecular formula is C15H23N3O4S. The first-order chi connectivity index (χ1) is 11.0. The van der Waals surface area contributed by atoms with Gasteiger partial charge in [0.1, 0.15) is 0 Å². The predicted molar refractivity (Wildman–Crippen MR) is 89.0 cm³/mol. The van der Waals surface area contributed by atoms with E-state index in [0.717, 1.165) is 12.0 Å². The van der Waals surface area contributed by atoms with E-state index < -0.39 is 16.1 Å². The van der Waals surface area contributed by atoms with Crippen LogP contribution in [-0.2, 0) is 21.2 Å². The summed E-state index contributed by atoms with van der Waals surface area (Å²) in [5.41, 5.74) is 1.82. The fraction of sp³-hybridized carbons (Fsp3) is 0.533. The quantitative estimate of drug-likeness (QED) is 0.809. The van der Waals surface area contributed by atoms with Gasteiger partial charge in [0.25, 0.3) is 0 Å². The van der Waals surface area contributed by atoms with E-state index in [1.54, 1.807) is 6.07 Å². The molecule has 1 aliphatic heterocycles. The first-order valence-electron chi connectivity index (χ1n) is 7.70. The van der Waals surface area contributed by atoms with Crippen molar-refractivity contribution in [1.29, 1.82) is 0 Å². The van der Waals surface area contributed by atoms with Gasteiger partial charge in [0.05, 0.1) is 19.0 Å². The summed E-state index contributed by atoms with van der Waals surface area (Å²) in [5.74, 6) is -0.116. The molecule has 7 nitrogen and oxygen atoms in total. The number of urea groups is 1. The number of ether oxygens (including phenoxy) is 1. The molecule has 0 bridgehead atoms. The van der Waals surface area contributed by atoms with Gasteiger partial charge in [-0.15, -0.1) is 0 Å². The molecule has 0 spiro atoms. The molecular weight excluding hydrogens is 318 g/mol. The molecule has 128 valence electrons. The summed E-state index contributed by atoms with van der Waals surface area (Å²) >= 11 is 0. The van der Waals surface area contributed by atoms with Crippen molar-refractivity contribution >= 4 is 21.7 Å². The fourth-order valence-electron chi connectivity index (χ4n) is 2.29. The number of nitrogens with one attached hydrogen (secondary N) is 2. The van der Waals surface area contributed by atoms with Gasteiger partial charge in [0, 0.05) is 25.3 Å². The van der Waals surface area contributed by atoms with E-state index >= 15 is 0 Å². The molecule has 1 fully saturated rings. The van der Waals surface area contributed by atoms with Crippen LogP contribution in [0, 0.1) is 0 Å². The third-order valence-corrected chi connectivity index (χ3v) is 5.47. The number of rotatable bonds is 6. The van der Waals surface area contributed by atoms with Crippen LogP contribution in [0.25, 0.3) is 0 Å². The van der Waals surface area contributed by atoms with Crippen molar-refractivity contribution in [1.82, 2.24) is 9.62 Å². The standard InChI is InChI=1S/C15H23N3O4S/c1-2-13-4-3-5-14(12-13)17-15(19)16-6-11-23(20,21)18-7-9-22-10-8-18/h3-5,12H,2,6-11H2,1H3,(H2,16,17,19). The smallest absolute Gasteiger partial charge is 0.319 e. The van der Waals surface area contributed by atoms with Gasteiger partial charge in [-0.1, -0.05) is 19.1 Å². The molecule has 1 heterocycles. The van der Waals surface area contributed by atoms with Crippen molar-refractivity contribution < 1.29 is 17.9 Å². The number of morpholine rings is 1. The number of aryl methyl sites for hydroxylation is 1. The normalized spacial score (nSPS) is 16.0. The largest absolute Gasteiger partial charge is 0.379 e. The number of carbonyl (C=O) groups excluding carboxylic acids is 1. The summed E-state index contributed by atoms with van der Waals surface area (Å²) in [6, 6.07) is 7.14. The Kier molecular flexibility index (Phi) is 6.37. The van der Waals surface area contributed by atoms with Crippen molar-refractivity contribution in [3.8, 4) is 0 Å². The van der Waals surface area contributed by atoms with Crippen molar-refractivity contribution in [2.45, 2.75) is 13.3 Å². The zero-order valence-corrected chi connectivity index (χ0v) is 14.1. The molecule has 2 N–H and O–H groups in total. The number of nitrogens with zero attached hydrogens (tertiary/aromatic N) is 1. The second-order valence-electron chi connectivity index (χ2n) is 5.26. The number of hydrogen-bond acceptors (Lipinski definition) is 4. The van der Waals surface area contributed by atoms with Gasteiger partial charge in [-0.3, -0.25) is 0 Å². The highest BCUT2D eigenvalue weighted by molar-refractivity contribution is 7.89. The zero-order chi connectivity index (χ0) is 16.7. The lowest BCUT2D eigenvalue weighted by Gasteiger charge is -2.26. The maximum Gasteiger partial charge on any atom is 0.319 e. The second-order valence-corrected chi connectivity index (χ2v) is 7.35. The minimum absolute atomic E-state index is 0.0684. The molecule has 2 rings (SSSR count). The number of benzene rings is 1. The van der Waals surface area contributed by atoms with E-state index in [4.69, 9.17) is 4.74 Å². The van der Waals surface area contributed by atoms with Crippen LogP contribution in [0.2, 0.25) is 0 Å². The molecule has 0 aliphatic carbocycles. The van der Waals surface area contributed by atoms with Gasteiger partial charge in [-0.05, 0) is 24.1 Å². The number of sulfonamides is 1. The lowest BCUT2D eigenvalue weighted by Crippen LogP contribution is -2.44. The highest BCUT2D eigenvalue weighted by Gasteiger charge is 2.23. The van der Waals surface area contributed by atoms with Crippen LogP contribution in [-0.4, -0.2) is 57.4 Å². The molecule has 1 saturated heterocycles. The van der Waals surface area contributed by atoms with Gasteiger partial charge in [0.2, 0.25) is 10.0 Å². The summed E-state index contributed by atoms with van der Waals surface area (Å²) < 4.78 is 30.8. The molecule has 0 aromatic heterocycles. The van der Waals surface area contributed by atoms with E-state index in [-0.39, 0.29) is 12.3 Å². The first kappa shape index (κ1) is 17.7. The molecule has 0 saturated carbocycles. The Morgan fingerprint density at radius 1 is 1.30 bits per heavy atom. The fourth-order valence-corrected chi connectivity index (χ4v) is 3.62. The molecule has 1 aromatic carbocycles. The van der Waals surface area contributed by atoms with Gasteiger partial charge < -0.3 is 15.4 Å². The van der Waals surface area contributed by atoms with Crippen molar-refractivity contribution in [3.63, 3.8) is 0 Å². The second kappa shape index (κ2) is 8.28. The zero-order valence-electron chi connectivity index (χ0n) is 13.2. The number of hydrogen-bond donors (Lipinski definition) is 2. The molecule has 1 aliphatic rings. The molecule has 0 unspecified atom stereocenters. The average Bonchev–Trinajstić information content (AvgIpc) is 2.55. The third-order valence-electron chi connectivity index (χ3n) is 3.60. The minimum Gasteiger partial charge on any atom is -0.379 e. The highest BCUT2D eigenvalue weighted by atomic mass is 32.2. The maximum absolute atomic E-state index is 12.1. The van der Waals surface area contributed by atoms with Crippen LogP contribution in [0.3, 0.4) is 0 Å². The van der Waals surface area contributed by atoms with Crippen LogP contribution in [0.15, 0.2) is 24.3 Å². The highest BCUT2D eigenvalue weighted by Crippen LogP contribution is 2.10. The summed E-state index contributed by atoms with van der Waals surface area (Å²) in [6.07, 6.45) is 0.884. The SMILES string of the molecule is CCc1cccc(NC(=O)NCCS(=O)(=O)N2CCOCC2)c1. The van der Waals surface area contributed by atoms with Gasteiger partial charge in [-0.25, -0.2) is 13.2 Å². The van der Waals surface area contributed by atoms with E-state index in [1.807, 2.05) is 25.1 Å². The topological polar surface area (TPSA) is 87.7 Å². The summed E-state index contributed by atoms with van der Waals surface area (Å²) in [7, 11) is -3.35. The number of carbonyl (C=O) groups is 1. The van der Waals surface area contributed by atoms with E-state index in [0.29, 0.717) is 32.0 Å². The molecule has 8 heteroatoms. The van der Waals surface area contributed by atoms with Gasteiger partial charge in [-0.2, -0.15) is 4.31 Å². The molecule has 2 amide bonds. The lowest BCUT2D eigenvalue weighted by atomic mass is 10.1. The van der Waals surface area contributed by atoms with Crippen molar-refractivity contribution in [2.24, 2.45) is 0 Å². The van der Waals surface area contributed by atoms with Gasteiger partial charge >= 0.3 is 6.03 Å². The Bertz CT molecular complexity index is 627. The molecule has 0 atom stereocenters. The van der Waals surface area contributed by atoms with E-state index in [2.05, 4.69) is 10.6 Å². The van der Waals surface area contributed by atoms with Gasteiger partial charge in [0.15, 0.2) is 0 Å². The molecule has 1 aromatic rings. The van der Waals surface area contributed by atoms with Crippen LogP contribution < -0.4 is 10.6 Å². The lowest BCUT2D eigenvalue weighted by molar-refractivity contribution is 0.0730. The average molecular weight is 341 g/mol. The number of amides is 2. The Balaban J connectivity index is 1.77. The number of anilines is 1. The van der Waals surface area contributed by atoms with E-state index in [9.17, 15) is 13.2 Å². The van der Waals surface area contributed by atoms with Crippen molar-refractivity contribution in [2.75, 3.05) is 43.9 Å². The molecule has 23 heavy (non-hydrogen) atoms. The minimum atomic E-state index is -3.35. The Morgan fingerprint density at radius 2 is 2.04 bits per heavy atom. The Labute approximate surface area is 137 Å². The monoisotopic (exact) mass is 341 g/mol. The summed E-state index contributed by atoms with van der Waals surface area (Å²) in [4.78, 5) is 11.8. The van der Waals surface area contributed by atoms with Crippen LogP contribution >= 0.6 is 0 Å². The van der Waals surface area contributed by atoms with Crippen LogP contribution in [0.5, 0.6) is 0 Å². The third kappa shape index (κ3) is 5.49. The molecule has 0 radical (unpaired) electrons. The first-order valence-corrected chi connectivity index (χ1v) is 9.31. The van der Waals surface area contributed by atoms with Crippen LogP contribution in [0.4, 0.5) is 10.5 Å². The Morgan fingerprint density at radius 3 is 2.74 bits per heavy atom. The predicted octanol–water partition coefficient (Wildman–Crippen LogP) is 1.03. The Hall–Kier alpha value is -1.64.